The largest absolute Gasteiger partial charge is 0.496 e. The first-order chi connectivity index (χ1) is 13.6. The summed E-state index contributed by atoms with van der Waals surface area (Å²) in [6, 6.07) is 8.67. The van der Waals surface area contributed by atoms with E-state index in [1.54, 1.807) is 7.11 Å². The molecule has 2 aliphatic rings. The van der Waals surface area contributed by atoms with Gasteiger partial charge in [0.15, 0.2) is 5.96 Å². The Morgan fingerprint density at radius 1 is 1.29 bits per heavy atom. The van der Waals surface area contributed by atoms with Gasteiger partial charge < -0.3 is 15.4 Å². The number of aliphatic imine (C=N–C) groups is 1. The normalized spacial score (nSPS) is 25.0. The Labute approximate surface area is 172 Å². The standard InChI is InChI=1S/C22H35N3O2S/c1-4-23-21(25-17-9-8-10-18(15-17)28(26)5-2)24-16-22(13-14-22)19-11-6-7-12-20(19)27-3/h6-7,11-12,17-18H,4-5,8-10,13-16H2,1-3H3,(H2,23,24,25). The number of nitrogens with one attached hydrogen (secondary N) is 2. The van der Waals surface area contributed by atoms with Gasteiger partial charge in [-0.05, 0) is 45.1 Å². The van der Waals surface area contributed by atoms with Crippen molar-refractivity contribution < 1.29 is 8.95 Å². The number of nitrogens with zero attached hydrogens (tertiary/aromatic N) is 1. The number of para-hydroxylation sites is 1. The molecule has 1 aromatic carbocycles. The van der Waals surface area contributed by atoms with Gasteiger partial charge in [-0.15, -0.1) is 0 Å². The minimum absolute atomic E-state index is 0.105. The van der Waals surface area contributed by atoms with Crippen LogP contribution in [0.3, 0.4) is 0 Å². The van der Waals surface area contributed by atoms with Gasteiger partial charge in [0, 0.05) is 45.4 Å². The highest BCUT2D eigenvalue weighted by Gasteiger charge is 2.46. The summed E-state index contributed by atoms with van der Waals surface area (Å²) in [5.74, 6) is 2.61. The van der Waals surface area contributed by atoms with E-state index in [9.17, 15) is 4.21 Å². The number of rotatable bonds is 8. The van der Waals surface area contributed by atoms with Gasteiger partial charge in [0.05, 0.1) is 13.7 Å². The van der Waals surface area contributed by atoms with Gasteiger partial charge in [-0.25, -0.2) is 0 Å². The number of benzene rings is 1. The average Bonchev–Trinajstić information content (AvgIpc) is 3.53. The van der Waals surface area contributed by atoms with Crippen molar-refractivity contribution in [2.24, 2.45) is 4.99 Å². The van der Waals surface area contributed by atoms with Crippen molar-refractivity contribution in [2.75, 3.05) is 26.0 Å². The van der Waals surface area contributed by atoms with Crippen LogP contribution in [0.25, 0.3) is 0 Å². The molecule has 3 atom stereocenters. The molecule has 0 aliphatic heterocycles. The van der Waals surface area contributed by atoms with E-state index in [0.29, 0.717) is 11.3 Å². The second-order valence-corrected chi connectivity index (χ2v) is 9.98. The predicted octanol–water partition coefficient (Wildman–Crippen LogP) is 3.36. The molecule has 3 unspecified atom stereocenters. The van der Waals surface area contributed by atoms with Gasteiger partial charge in [0.1, 0.15) is 5.75 Å². The van der Waals surface area contributed by atoms with Gasteiger partial charge in [-0.1, -0.05) is 31.5 Å². The number of hydrogen-bond donors (Lipinski definition) is 2. The molecule has 2 fully saturated rings. The lowest BCUT2D eigenvalue weighted by molar-refractivity contribution is 0.403. The van der Waals surface area contributed by atoms with Crippen LogP contribution in [0.5, 0.6) is 5.75 Å². The summed E-state index contributed by atoms with van der Waals surface area (Å²) in [5, 5.41) is 7.34. The zero-order chi connectivity index (χ0) is 20.0. The molecule has 5 nitrogen and oxygen atoms in total. The van der Waals surface area contributed by atoms with Crippen LogP contribution in [-0.4, -0.2) is 47.4 Å². The minimum atomic E-state index is -0.703. The molecule has 0 amide bonds. The van der Waals surface area contributed by atoms with Crippen LogP contribution in [0.15, 0.2) is 29.3 Å². The lowest BCUT2D eigenvalue weighted by Crippen LogP contribution is -2.47. The summed E-state index contributed by atoms with van der Waals surface area (Å²) >= 11 is 0. The van der Waals surface area contributed by atoms with E-state index >= 15 is 0 Å². The Morgan fingerprint density at radius 2 is 2.07 bits per heavy atom. The third-order valence-corrected chi connectivity index (χ3v) is 7.78. The quantitative estimate of drug-likeness (QED) is 0.514. The molecule has 0 aromatic heterocycles. The molecule has 2 aliphatic carbocycles. The van der Waals surface area contributed by atoms with Crippen molar-refractivity contribution in [1.82, 2.24) is 10.6 Å². The lowest BCUT2D eigenvalue weighted by Gasteiger charge is -2.30. The van der Waals surface area contributed by atoms with Crippen LogP contribution < -0.4 is 15.4 Å². The van der Waals surface area contributed by atoms with E-state index in [2.05, 4.69) is 29.7 Å². The zero-order valence-electron chi connectivity index (χ0n) is 17.5. The summed E-state index contributed by atoms with van der Waals surface area (Å²) in [6.07, 6.45) is 6.62. The summed E-state index contributed by atoms with van der Waals surface area (Å²) in [4.78, 5) is 4.95. The predicted molar refractivity (Wildman–Crippen MR) is 118 cm³/mol. The van der Waals surface area contributed by atoms with Crippen molar-refractivity contribution in [3.05, 3.63) is 29.8 Å². The molecule has 0 heterocycles. The molecule has 2 saturated carbocycles. The van der Waals surface area contributed by atoms with Gasteiger partial charge in [-0.2, -0.15) is 0 Å². The third kappa shape index (κ3) is 5.07. The first kappa shape index (κ1) is 21.2. The summed E-state index contributed by atoms with van der Waals surface area (Å²) in [7, 11) is 1.04. The van der Waals surface area contributed by atoms with Crippen LogP contribution in [-0.2, 0) is 16.2 Å². The fourth-order valence-electron chi connectivity index (χ4n) is 4.24. The zero-order valence-corrected chi connectivity index (χ0v) is 18.3. The average molecular weight is 406 g/mol. The molecule has 2 N–H and O–H groups in total. The second-order valence-electron chi connectivity index (χ2n) is 7.98. The number of guanidine groups is 1. The third-order valence-electron chi connectivity index (χ3n) is 6.04. The smallest absolute Gasteiger partial charge is 0.191 e. The van der Waals surface area contributed by atoms with Crippen LogP contribution in [0.1, 0.15) is 57.9 Å². The molecular formula is C22H35N3O2S. The Morgan fingerprint density at radius 3 is 2.75 bits per heavy atom. The van der Waals surface area contributed by atoms with E-state index < -0.39 is 10.8 Å². The fraction of sp³-hybridized carbons (Fsp3) is 0.682. The van der Waals surface area contributed by atoms with Crippen LogP contribution in [0, 0.1) is 0 Å². The summed E-state index contributed by atoms with van der Waals surface area (Å²) in [5.41, 5.74) is 1.38. The van der Waals surface area contributed by atoms with Crippen LogP contribution >= 0.6 is 0 Å². The van der Waals surface area contributed by atoms with Gasteiger partial charge in [-0.3, -0.25) is 9.20 Å². The Hall–Kier alpha value is -1.56. The topological polar surface area (TPSA) is 62.7 Å². The summed E-state index contributed by atoms with van der Waals surface area (Å²) in [6.45, 7) is 5.72. The first-order valence-electron chi connectivity index (χ1n) is 10.7. The number of methoxy groups -OCH3 is 1. The molecular weight excluding hydrogens is 370 g/mol. The highest BCUT2D eigenvalue weighted by atomic mass is 32.2. The highest BCUT2D eigenvalue weighted by molar-refractivity contribution is 7.85. The maximum absolute atomic E-state index is 12.2. The van der Waals surface area contributed by atoms with E-state index in [0.717, 1.165) is 69.1 Å². The molecule has 3 rings (SSSR count). The molecule has 28 heavy (non-hydrogen) atoms. The molecule has 0 bridgehead atoms. The molecule has 0 saturated heterocycles. The molecule has 1 aromatic rings. The Balaban J connectivity index is 1.67. The molecule has 6 heteroatoms. The lowest BCUT2D eigenvalue weighted by atomic mass is 9.94. The molecule has 0 radical (unpaired) electrons. The maximum atomic E-state index is 12.2. The van der Waals surface area contributed by atoms with Crippen molar-refractivity contribution in [2.45, 2.75) is 69.1 Å². The van der Waals surface area contributed by atoms with Crippen molar-refractivity contribution in [3.63, 3.8) is 0 Å². The van der Waals surface area contributed by atoms with Gasteiger partial charge >= 0.3 is 0 Å². The van der Waals surface area contributed by atoms with E-state index in [4.69, 9.17) is 9.73 Å². The van der Waals surface area contributed by atoms with Crippen molar-refractivity contribution in [1.29, 1.82) is 0 Å². The van der Waals surface area contributed by atoms with Crippen LogP contribution in [0.4, 0.5) is 0 Å². The van der Waals surface area contributed by atoms with E-state index in [-0.39, 0.29) is 5.41 Å². The second kappa shape index (κ2) is 9.77. The number of hydrogen-bond acceptors (Lipinski definition) is 3. The fourth-order valence-corrected chi connectivity index (χ4v) is 5.59. The summed E-state index contributed by atoms with van der Waals surface area (Å²) < 4.78 is 17.8. The van der Waals surface area contributed by atoms with Crippen molar-refractivity contribution in [3.8, 4) is 5.75 Å². The monoisotopic (exact) mass is 405 g/mol. The Kier molecular flexibility index (Phi) is 7.38. The van der Waals surface area contributed by atoms with Gasteiger partial charge in [0.25, 0.3) is 0 Å². The van der Waals surface area contributed by atoms with Gasteiger partial charge in [0.2, 0.25) is 0 Å². The molecule has 0 spiro atoms. The first-order valence-corrected chi connectivity index (χ1v) is 12.1. The SMILES string of the molecule is CCNC(=NCC1(c2ccccc2OC)CC1)NC1CCCC(S(=O)CC)C1. The highest BCUT2D eigenvalue weighted by Crippen LogP contribution is 2.51. The van der Waals surface area contributed by atoms with Crippen LogP contribution in [0.2, 0.25) is 0 Å². The van der Waals surface area contributed by atoms with E-state index in [1.807, 2.05) is 19.1 Å². The molecule has 156 valence electrons. The van der Waals surface area contributed by atoms with Crippen molar-refractivity contribution >= 4 is 16.8 Å². The van der Waals surface area contributed by atoms with E-state index in [1.165, 1.54) is 5.56 Å². The maximum Gasteiger partial charge on any atom is 0.191 e. The minimum Gasteiger partial charge on any atom is -0.496 e. The number of ether oxygens (including phenoxy) is 1. The Bertz CT molecular complexity index is 703.